The van der Waals surface area contributed by atoms with Gasteiger partial charge in [0.2, 0.25) is 0 Å². The molecule has 0 aromatic heterocycles. The van der Waals surface area contributed by atoms with E-state index in [0.29, 0.717) is 10.6 Å². The van der Waals surface area contributed by atoms with E-state index in [-0.39, 0.29) is 11.3 Å². The van der Waals surface area contributed by atoms with E-state index >= 15 is 0 Å². The highest BCUT2D eigenvalue weighted by atomic mass is 127. The third-order valence-electron chi connectivity index (χ3n) is 3.66. The second-order valence-electron chi connectivity index (χ2n) is 5.32. The summed E-state index contributed by atoms with van der Waals surface area (Å²) in [5.74, 6) is -0.0185. The molecular formula is C14H17ClINO. The fraction of sp³-hybridized carbons (Fsp3) is 0.500. The summed E-state index contributed by atoms with van der Waals surface area (Å²) in [5, 5.41) is 3.65. The summed E-state index contributed by atoms with van der Waals surface area (Å²) < 4.78 is 0.936. The molecule has 0 radical (unpaired) electrons. The van der Waals surface area contributed by atoms with Crippen molar-refractivity contribution in [1.29, 1.82) is 0 Å². The van der Waals surface area contributed by atoms with Crippen molar-refractivity contribution in [2.45, 2.75) is 32.6 Å². The molecule has 98 valence electrons. The first-order chi connectivity index (χ1) is 8.50. The minimum Gasteiger partial charge on any atom is -0.351 e. The monoisotopic (exact) mass is 377 g/mol. The van der Waals surface area contributed by atoms with Gasteiger partial charge in [-0.3, -0.25) is 4.79 Å². The Morgan fingerprint density at radius 1 is 1.44 bits per heavy atom. The number of amides is 1. The topological polar surface area (TPSA) is 29.1 Å². The van der Waals surface area contributed by atoms with Crippen LogP contribution in [-0.2, 0) is 0 Å². The van der Waals surface area contributed by atoms with Gasteiger partial charge in [-0.15, -0.1) is 0 Å². The van der Waals surface area contributed by atoms with Gasteiger partial charge in [0.15, 0.2) is 0 Å². The van der Waals surface area contributed by atoms with E-state index in [1.165, 1.54) is 25.7 Å². The zero-order chi connectivity index (χ0) is 13.2. The summed E-state index contributed by atoms with van der Waals surface area (Å²) >= 11 is 8.10. The minimum atomic E-state index is -0.0185. The van der Waals surface area contributed by atoms with Crippen molar-refractivity contribution in [2.75, 3.05) is 6.54 Å². The molecule has 1 aromatic carbocycles. The summed E-state index contributed by atoms with van der Waals surface area (Å²) in [7, 11) is 0. The lowest BCUT2D eigenvalue weighted by Gasteiger charge is -2.23. The molecule has 0 aliphatic heterocycles. The van der Waals surface area contributed by atoms with E-state index in [2.05, 4.69) is 34.8 Å². The highest BCUT2D eigenvalue weighted by Gasteiger charge is 2.29. The van der Waals surface area contributed by atoms with Crippen LogP contribution in [0, 0.1) is 8.99 Å². The van der Waals surface area contributed by atoms with E-state index < -0.39 is 0 Å². The van der Waals surface area contributed by atoms with E-state index in [1.807, 2.05) is 6.07 Å². The Bertz CT molecular complexity index is 455. The Morgan fingerprint density at radius 3 is 2.78 bits per heavy atom. The van der Waals surface area contributed by atoms with E-state index in [0.717, 1.165) is 10.1 Å². The van der Waals surface area contributed by atoms with Crippen LogP contribution in [-0.4, -0.2) is 12.5 Å². The highest BCUT2D eigenvalue weighted by molar-refractivity contribution is 14.1. The second-order valence-corrected chi connectivity index (χ2v) is 6.92. The molecule has 2 rings (SSSR count). The normalized spacial score (nSPS) is 17.7. The molecule has 1 aromatic rings. The van der Waals surface area contributed by atoms with Crippen molar-refractivity contribution in [2.24, 2.45) is 5.41 Å². The predicted molar refractivity (Wildman–Crippen MR) is 83.1 cm³/mol. The summed E-state index contributed by atoms with van der Waals surface area (Å²) in [5.41, 5.74) is 0.948. The summed E-state index contributed by atoms with van der Waals surface area (Å²) in [6.45, 7) is 3.01. The average Bonchev–Trinajstić information content (AvgIpc) is 2.77. The molecule has 0 bridgehead atoms. The van der Waals surface area contributed by atoms with Crippen LogP contribution in [0.3, 0.4) is 0 Å². The predicted octanol–water partition coefficient (Wildman–Crippen LogP) is 4.25. The summed E-state index contributed by atoms with van der Waals surface area (Å²) in [6.07, 6.45) is 4.97. The maximum Gasteiger partial charge on any atom is 0.252 e. The van der Waals surface area contributed by atoms with Crippen LogP contribution in [0.1, 0.15) is 43.0 Å². The van der Waals surface area contributed by atoms with Gasteiger partial charge < -0.3 is 5.32 Å². The lowest BCUT2D eigenvalue weighted by atomic mass is 9.89. The van der Waals surface area contributed by atoms with Gasteiger partial charge in [0, 0.05) is 15.1 Å². The molecule has 4 heteroatoms. The minimum absolute atomic E-state index is 0.0185. The number of rotatable bonds is 3. The van der Waals surface area contributed by atoms with Gasteiger partial charge in [0.05, 0.1) is 5.56 Å². The van der Waals surface area contributed by atoms with Gasteiger partial charge in [0.25, 0.3) is 5.91 Å². The molecule has 1 amide bonds. The van der Waals surface area contributed by atoms with Gasteiger partial charge in [-0.1, -0.05) is 31.4 Å². The maximum atomic E-state index is 12.1. The highest BCUT2D eigenvalue weighted by Crippen LogP contribution is 2.36. The smallest absolute Gasteiger partial charge is 0.252 e. The van der Waals surface area contributed by atoms with Crippen LogP contribution in [0.2, 0.25) is 5.02 Å². The van der Waals surface area contributed by atoms with E-state index in [9.17, 15) is 4.79 Å². The van der Waals surface area contributed by atoms with Crippen LogP contribution in [0.4, 0.5) is 0 Å². The number of hydrogen-bond donors (Lipinski definition) is 1. The van der Waals surface area contributed by atoms with Crippen molar-refractivity contribution < 1.29 is 4.79 Å². The quantitative estimate of drug-likeness (QED) is 0.784. The van der Waals surface area contributed by atoms with Crippen LogP contribution in [0.5, 0.6) is 0 Å². The van der Waals surface area contributed by atoms with Crippen LogP contribution < -0.4 is 5.32 Å². The molecule has 1 aliphatic carbocycles. The molecule has 18 heavy (non-hydrogen) atoms. The van der Waals surface area contributed by atoms with E-state index in [4.69, 9.17) is 11.6 Å². The molecule has 2 nitrogen and oxygen atoms in total. The van der Waals surface area contributed by atoms with Crippen molar-refractivity contribution in [3.05, 3.63) is 32.4 Å². The number of halogens is 2. The standard InChI is InChI=1S/C14H17ClINO/c1-14(6-2-3-7-14)9-17-13(18)11-8-10(15)4-5-12(11)16/h4-5,8H,2-3,6-7,9H2,1H3,(H,17,18). The molecule has 1 fully saturated rings. The molecule has 1 N–H and O–H groups in total. The molecule has 1 saturated carbocycles. The second kappa shape index (κ2) is 5.78. The summed E-state index contributed by atoms with van der Waals surface area (Å²) in [6, 6.07) is 5.41. The van der Waals surface area contributed by atoms with Gasteiger partial charge >= 0.3 is 0 Å². The van der Waals surface area contributed by atoms with Gasteiger partial charge in [0.1, 0.15) is 0 Å². The van der Waals surface area contributed by atoms with Crippen molar-refractivity contribution >= 4 is 40.1 Å². The molecular weight excluding hydrogens is 361 g/mol. The Balaban J connectivity index is 2.01. The molecule has 0 spiro atoms. The summed E-state index contributed by atoms with van der Waals surface area (Å²) in [4.78, 5) is 12.1. The largest absolute Gasteiger partial charge is 0.351 e. The third kappa shape index (κ3) is 3.38. The first-order valence-corrected chi connectivity index (χ1v) is 7.69. The molecule has 0 saturated heterocycles. The lowest BCUT2D eigenvalue weighted by Crippen LogP contribution is -2.34. The number of carbonyl (C=O) groups is 1. The first kappa shape index (κ1) is 14.1. The molecule has 0 heterocycles. The molecule has 1 aliphatic rings. The number of nitrogens with one attached hydrogen (secondary N) is 1. The SMILES string of the molecule is CC1(CNC(=O)c2cc(Cl)ccc2I)CCCC1. The Morgan fingerprint density at radius 2 is 2.11 bits per heavy atom. The zero-order valence-corrected chi connectivity index (χ0v) is 13.3. The van der Waals surface area contributed by atoms with Gasteiger partial charge in [-0.05, 0) is 59.0 Å². The van der Waals surface area contributed by atoms with Crippen molar-refractivity contribution in [3.8, 4) is 0 Å². The molecule has 0 unspecified atom stereocenters. The third-order valence-corrected chi connectivity index (χ3v) is 4.84. The fourth-order valence-corrected chi connectivity index (χ4v) is 3.22. The van der Waals surface area contributed by atoms with E-state index in [1.54, 1.807) is 12.1 Å². The van der Waals surface area contributed by atoms with Crippen LogP contribution in [0.15, 0.2) is 18.2 Å². The van der Waals surface area contributed by atoms with Crippen molar-refractivity contribution in [3.63, 3.8) is 0 Å². The number of hydrogen-bond acceptors (Lipinski definition) is 1. The Labute approximate surface area is 127 Å². The van der Waals surface area contributed by atoms with Gasteiger partial charge in [-0.2, -0.15) is 0 Å². The average molecular weight is 378 g/mol. The maximum absolute atomic E-state index is 12.1. The molecule has 0 atom stereocenters. The fourth-order valence-electron chi connectivity index (χ4n) is 2.47. The van der Waals surface area contributed by atoms with Crippen LogP contribution >= 0.6 is 34.2 Å². The Kier molecular flexibility index (Phi) is 4.54. The number of benzene rings is 1. The zero-order valence-electron chi connectivity index (χ0n) is 10.4. The lowest BCUT2D eigenvalue weighted by molar-refractivity contribution is 0.0933. The van der Waals surface area contributed by atoms with Crippen molar-refractivity contribution in [1.82, 2.24) is 5.32 Å². The van der Waals surface area contributed by atoms with Crippen LogP contribution in [0.25, 0.3) is 0 Å². The first-order valence-electron chi connectivity index (χ1n) is 6.23. The van der Waals surface area contributed by atoms with Gasteiger partial charge in [-0.25, -0.2) is 0 Å². The Hall–Kier alpha value is -0.290. The number of carbonyl (C=O) groups excluding carboxylic acids is 1.